The molecule has 3 aromatic rings. The third-order valence-corrected chi connectivity index (χ3v) is 3.22. The summed E-state index contributed by atoms with van der Waals surface area (Å²) >= 11 is 0. The molecule has 23 heavy (non-hydrogen) atoms. The average Bonchev–Trinajstić information content (AvgIpc) is 2.87. The van der Waals surface area contributed by atoms with E-state index in [1.807, 2.05) is 0 Å². The van der Waals surface area contributed by atoms with Gasteiger partial charge in [0.2, 0.25) is 5.91 Å². The Bertz CT molecular complexity index is 882. The highest BCUT2D eigenvalue weighted by atomic mass is 16.3. The van der Waals surface area contributed by atoms with Crippen molar-refractivity contribution >= 4 is 34.3 Å². The highest BCUT2D eigenvalue weighted by molar-refractivity contribution is 6.05. The summed E-state index contributed by atoms with van der Waals surface area (Å²) in [7, 11) is 0. The van der Waals surface area contributed by atoms with Crippen LogP contribution in [0.4, 0.5) is 11.4 Å². The summed E-state index contributed by atoms with van der Waals surface area (Å²) in [6, 6.07) is 12.0. The smallest absolute Gasteiger partial charge is 0.255 e. The second kappa shape index (κ2) is 5.92. The minimum Gasteiger partial charge on any atom is -0.441 e. The van der Waals surface area contributed by atoms with Crippen molar-refractivity contribution in [1.82, 2.24) is 4.98 Å². The molecule has 2 amide bonds. The number of rotatable bonds is 3. The van der Waals surface area contributed by atoms with E-state index in [0.29, 0.717) is 28.4 Å². The van der Waals surface area contributed by atoms with Gasteiger partial charge in [-0.15, -0.1) is 0 Å². The fraction of sp³-hybridized carbons (Fsp3) is 0.118. The van der Waals surface area contributed by atoms with E-state index in [-0.39, 0.29) is 11.8 Å². The van der Waals surface area contributed by atoms with E-state index in [1.165, 1.54) is 6.92 Å². The highest BCUT2D eigenvalue weighted by Crippen LogP contribution is 2.19. The number of anilines is 2. The number of fused-ring (bicyclic) bond motifs is 1. The number of oxazole rings is 1. The quantitative estimate of drug-likeness (QED) is 0.777. The molecule has 0 radical (unpaired) electrons. The standard InChI is InChI=1S/C17H15N3O3/c1-10(21)18-13-4-6-14(7-5-13)20-17(22)12-3-8-15-16(9-12)23-11(2)19-15/h3-9H,1-2H3,(H,18,21)(H,20,22). The lowest BCUT2D eigenvalue weighted by atomic mass is 10.2. The molecular weight excluding hydrogens is 294 g/mol. The molecule has 1 aromatic heterocycles. The Hall–Kier alpha value is -3.15. The molecule has 0 aliphatic carbocycles. The zero-order valence-electron chi connectivity index (χ0n) is 12.7. The van der Waals surface area contributed by atoms with Crippen molar-refractivity contribution in [3.8, 4) is 0 Å². The molecule has 0 atom stereocenters. The van der Waals surface area contributed by atoms with E-state index in [0.717, 1.165) is 5.52 Å². The van der Waals surface area contributed by atoms with Gasteiger partial charge in [-0.3, -0.25) is 9.59 Å². The maximum atomic E-state index is 12.3. The monoisotopic (exact) mass is 309 g/mol. The van der Waals surface area contributed by atoms with Crippen LogP contribution in [0.15, 0.2) is 46.9 Å². The number of amides is 2. The Balaban J connectivity index is 1.75. The van der Waals surface area contributed by atoms with Crippen LogP contribution in [0.2, 0.25) is 0 Å². The summed E-state index contributed by atoms with van der Waals surface area (Å²) in [6.07, 6.45) is 0. The predicted molar refractivity (Wildman–Crippen MR) is 87.4 cm³/mol. The number of hydrogen-bond donors (Lipinski definition) is 2. The number of carbonyl (C=O) groups is 2. The fourth-order valence-corrected chi connectivity index (χ4v) is 2.22. The van der Waals surface area contributed by atoms with E-state index in [2.05, 4.69) is 15.6 Å². The van der Waals surface area contributed by atoms with Gasteiger partial charge in [0.05, 0.1) is 0 Å². The van der Waals surface area contributed by atoms with E-state index >= 15 is 0 Å². The second-order valence-electron chi connectivity index (χ2n) is 5.13. The largest absolute Gasteiger partial charge is 0.441 e. The first-order valence-corrected chi connectivity index (χ1v) is 7.07. The molecule has 0 aliphatic rings. The van der Waals surface area contributed by atoms with Crippen LogP contribution >= 0.6 is 0 Å². The summed E-state index contributed by atoms with van der Waals surface area (Å²) < 4.78 is 5.43. The van der Waals surface area contributed by atoms with Crippen LogP contribution in [0.5, 0.6) is 0 Å². The summed E-state index contributed by atoms with van der Waals surface area (Å²) in [6.45, 7) is 3.20. The van der Waals surface area contributed by atoms with Crippen LogP contribution in [-0.2, 0) is 4.79 Å². The van der Waals surface area contributed by atoms with Crippen LogP contribution in [0.3, 0.4) is 0 Å². The van der Waals surface area contributed by atoms with Crippen molar-refractivity contribution in [2.45, 2.75) is 13.8 Å². The molecule has 1 heterocycles. The molecular formula is C17H15N3O3. The van der Waals surface area contributed by atoms with Crippen molar-refractivity contribution in [2.75, 3.05) is 10.6 Å². The molecule has 0 saturated heterocycles. The van der Waals surface area contributed by atoms with Gasteiger partial charge in [-0.1, -0.05) is 0 Å². The van der Waals surface area contributed by atoms with Crippen LogP contribution < -0.4 is 10.6 Å². The van der Waals surface area contributed by atoms with Gasteiger partial charge in [-0.2, -0.15) is 0 Å². The molecule has 2 N–H and O–H groups in total. The first kappa shape index (κ1) is 14.8. The molecule has 0 bridgehead atoms. The Morgan fingerprint density at radius 3 is 2.30 bits per heavy atom. The molecule has 3 rings (SSSR count). The number of aromatic nitrogens is 1. The third kappa shape index (κ3) is 3.37. The van der Waals surface area contributed by atoms with Crippen molar-refractivity contribution in [2.24, 2.45) is 0 Å². The number of aryl methyl sites for hydroxylation is 1. The zero-order chi connectivity index (χ0) is 16.4. The summed E-state index contributed by atoms with van der Waals surface area (Å²) in [5.41, 5.74) is 3.10. The van der Waals surface area contributed by atoms with Gasteiger partial charge in [0.25, 0.3) is 5.91 Å². The van der Waals surface area contributed by atoms with Crippen molar-refractivity contribution in [3.63, 3.8) is 0 Å². The molecule has 0 saturated carbocycles. The maximum Gasteiger partial charge on any atom is 0.255 e. The first-order chi connectivity index (χ1) is 11.0. The minimum absolute atomic E-state index is 0.141. The van der Waals surface area contributed by atoms with Crippen LogP contribution in [0.1, 0.15) is 23.2 Å². The Kier molecular flexibility index (Phi) is 3.80. The van der Waals surface area contributed by atoms with Crippen LogP contribution in [-0.4, -0.2) is 16.8 Å². The zero-order valence-corrected chi connectivity index (χ0v) is 12.7. The van der Waals surface area contributed by atoms with Gasteiger partial charge in [0.1, 0.15) is 5.52 Å². The summed E-state index contributed by atoms with van der Waals surface area (Å²) in [4.78, 5) is 27.5. The van der Waals surface area contributed by atoms with E-state index in [1.54, 1.807) is 49.4 Å². The van der Waals surface area contributed by atoms with E-state index < -0.39 is 0 Å². The topological polar surface area (TPSA) is 84.2 Å². The summed E-state index contributed by atoms with van der Waals surface area (Å²) in [5, 5.41) is 5.46. The van der Waals surface area contributed by atoms with Gasteiger partial charge >= 0.3 is 0 Å². The van der Waals surface area contributed by atoms with Crippen molar-refractivity contribution < 1.29 is 14.0 Å². The molecule has 6 nitrogen and oxygen atoms in total. The first-order valence-electron chi connectivity index (χ1n) is 7.07. The lowest BCUT2D eigenvalue weighted by Gasteiger charge is -2.07. The van der Waals surface area contributed by atoms with Crippen LogP contribution in [0, 0.1) is 6.92 Å². The molecule has 2 aromatic carbocycles. The average molecular weight is 309 g/mol. The summed E-state index contributed by atoms with van der Waals surface area (Å²) in [5.74, 6) is 0.178. The van der Waals surface area contributed by atoms with Crippen molar-refractivity contribution in [1.29, 1.82) is 0 Å². The van der Waals surface area contributed by atoms with Gasteiger partial charge in [0, 0.05) is 30.8 Å². The minimum atomic E-state index is -0.242. The third-order valence-electron chi connectivity index (χ3n) is 3.22. The molecule has 0 unspecified atom stereocenters. The van der Waals surface area contributed by atoms with Crippen LogP contribution in [0.25, 0.3) is 11.1 Å². The van der Waals surface area contributed by atoms with Gasteiger partial charge < -0.3 is 15.1 Å². The number of hydrogen-bond acceptors (Lipinski definition) is 4. The SMILES string of the molecule is CC(=O)Nc1ccc(NC(=O)c2ccc3nc(C)oc3c2)cc1. The number of nitrogens with zero attached hydrogens (tertiary/aromatic N) is 1. The highest BCUT2D eigenvalue weighted by Gasteiger charge is 2.10. The Morgan fingerprint density at radius 2 is 1.65 bits per heavy atom. The van der Waals surface area contributed by atoms with E-state index in [4.69, 9.17) is 4.42 Å². The molecule has 0 fully saturated rings. The Labute approximate surface area is 132 Å². The van der Waals surface area contributed by atoms with Gasteiger partial charge in [-0.05, 0) is 42.5 Å². The Morgan fingerprint density at radius 1 is 1.00 bits per heavy atom. The molecule has 116 valence electrons. The fourth-order valence-electron chi connectivity index (χ4n) is 2.22. The van der Waals surface area contributed by atoms with Gasteiger partial charge in [-0.25, -0.2) is 4.98 Å². The second-order valence-corrected chi connectivity index (χ2v) is 5.13. The number of carbonyl (C=O) groups excluding carboxylic acids is 2. The maximum absolute atomic E-state index is 12.3. The van der Waals surface area contributed by atoms with Gasteiger partial charge in [0.15, 0.2) is 11.5 Å². The number of nitrogens with one attached hydrogen (secondary N) is 2. The molecule has 6 heteroatoms. The van der Waals surface area contributed by atoms with Crippen molar-refractivity contribution in [3.05, 3.63) is 53.9 Å². The molecule has 0 spiro atoms. The lowest BCUT2D eigenvalue weighted by molar-refractivity contribution is -0.114. The normalized spacial score (nSPS) is 10.5. The molecule has 0 aliphatic heterocycles. The predicted octanol–water partition coefficient (Wildman–Crippen LogP) is 3.35. The van der Waals surface area contributed by atoms with E-state index in [9.17, 15) is 9.59 Å². The lowest BCUT2D eigenvalue weighted by Crippen LogP contribution is -2.12. The number of benzene rings is 2.